The monoisotopic (exact) mass is 1460 g/mol. The summed E-state index contributed by atoms with van der Waals surface area (Å²) in [6.07, 6.45) is 65.4. The molecule has 0 aliphatic carbocycles. The number of rotatable bonds is 61. The maximum absolute atomic E-state index is 13.5. The van der Waals surface area contributed by atoms with E-state index in [2.05, 4.69) is 153 Å². The molecule has 3 fully saturated rings. The topological polar surface area (TPSA) is 307 Å². The summed E-state index contributed by atoms with van der Waals surface area (Å²) in [7, 11) is 0. The van der Waals surface area contributed by atoms with Crippen LogP contribution in [0.25, 0.3) is 0 Å². The predicted molar refractivity (Wildman–Crippen MR) is 415 cm³/mol. The standard InChI is InChI=1S/C85H141NO18/c1-3-5-7-9-11-13-15-17-19-21-23-25-27-29-31-33-34-35-37-39-41-43-45-47-49-51-53-55-57-59-61-63-73(91)86-68(69(90)62-60-58-56-54-52-50-48-46-44-42-40-38-36-32-30-28-26-24-22-20-18-16-14-12-10-8-6-4-2)67-99-83-79(97)76(94)81(71(65-88)101-83)104-85-80(98)77(95)82(72(66-89)102-85)103-84-78(96)75(93)74(92)70(64-87)100-84/h5,7,11,13,17,19,23,25,29,31,34-35,39,41,44-47,51-54,60,62,68-72,74-85,87-90,92-98H,3-4,6,8-10,12,14-16,18,20-22,24,26-28,30,32-33,36-38,40,42-43,48-50,55-59,61,63-67H2,1-2H3,(H,86,91)/b7-5-,13-11-,19-17-,25-23-,31-29-,35-34-,41-39-,46-44+,47-45-,53-51-,54-52+,62-60+. The molecule has 3 aliphatic rings. The van der Waals surface area contributed by atoms with Gasteiger partial charge in [-0.25, -0.2) is 0 Å². The molecule has 594 valence electrons. The number of amides is 1. The van der Waals surface area contributed by atoms with E-state index >= 15 is 0 Å². The second-order valence-corrected chi connectivity index (χ2v) is 27.8. The van der Waals surface area contributed by atoms with Crippen molar-refractivity contribution < 1.29 is 89.4 Å². The number of allylic oxidation sites excluding steroid dienone is 23. The van der Waals surface area contributed by atoms with Crippen LogP contribution in [0.3, 0.4) is 0 Å². The first-order valence-corrected chi connectivity index (χ1v) is 40.1. The third-order valence-corrected chi connectivity index (χ3v) is 18.8. The van der Waals surface area contributed by atoms with E-state index < -0.39 is 131 Å². The third-order valence-electron chi connectivity index (χ3n) is 18.8. The van der Waals surface area contributed by atoms with E-state index in [1.807, 2.05) is 6.08 Å². The highest BCUT2D eigenvalue weighted by Gasteiger charge is 2.54. The zero-order valence-corrected chi connectivity index (χ0v) is 63.4. The Bertz CT molecular complexity index is 2450. The number of hydrogen-bond acceptors (Lipinski definition) is 18. The average molecular weight is 1470 g/mol. The van der Waals surface area contributed by atoms with E-state index in [1.54, 1.807) is 6.08 Å². The normalized spacial score (nSPS) is 26.7. The zero-order chi connectivity index (χ0) is 75.3. The molecular formula is C85H141NO18. The number of unbranched alkanes of at least 4 members (excludes halogenated alkanes) is 23. The molecule has 3 rings (SSSR count). The molecule has 0 bridgehead atoms. The highest BCUT2D eigenvalue weighted by atomic mass is 16.8. The first-order valence-electron chi connectivity index (χ1n) is 40.1. The van der Waals surface area contributed by atoms with Crippen molar-refractivity contribution >= 4 is 5.91 Å². The zero-order valence-electron chi connectivity index (χ0n) is 63.4. The highest BCUT2D eigenvalue weighted by Crippen LogP contribution is 2.33. The Labute approximate surface area is 625 Å². The van der Waals surface area contributed by atoms with E-state index in [-0.39, 0.29) is 12.3 Å². The van der Waals surface area contributed by atoms with Crippen LogP contribution in [0.5, 0.6) is 0 Å². The van der Waals surface area contributed by atoms with Gasteiger partial charge in [0.25, 0.3) is 0 Å². The lowest BCUT2D eigenvalue weighted by atomic mass is 9.96. The minimum Gasteiger partial charge on any atom is -0.394 e. The maximum atomic E-state index is 13.5. The van der Waals surface area contributed by atoms with Crippen molar-refractivity contribution in [3.05, 3.63) is 146 Å². The van der Waals surface area contributed by atoms with Crippen LogP contribution in [0.4, 0.5) is 0 Å². The molecule has 3 heterocycles. The van der Waals surface area contributed by atoms with Gasteiger partial charge in [0.1, 0.15) is 73.2 Å². The van der Waals surface area contributed by atoms with Gasteiger partial charge in [0, 0.05) is 6.42 Å². The summed E-state index contributed by atoms with van der Waals surface area (Å²) in [5, 5.41) is 121. The Hall–Kier alpha value is -4.33. The van der Waals surface area contributed by atoms with Gasteiger partial charge in [0.15, 0.2) is 18.9 Å². The number of ether oxygens (including phenoxy) is 6. The molecule has 104 heavy (non-hydrogen) atoms. The van der Waals surface area contributed by atoms with Crippen LogP contribution in [-0.2, 0) is 33.2 Å². The molecule has 19 heteroatoms. The van der Waals surface area contributed by atoms with Gasteiger partial charge in [-0.3, -0.25) is 4.79 Å². The maximum Gasteiger partial charge on any atom is 0.220 e. The van der Waals surface area contributed by atoms with Gasteiger partial charge in [0.05, 0.1) is 38.6 Å². The van der Waals surface area contributed by atoms with Crippen molar-refractivity contribution in [2.24, 2.45) is 0 Å². The first kappa shape index (κ1) is 93.9. The molecule has 0 radical (unpaired) electrons. The molecule has 0 aromatic rings. The Kier molecular flexibility index (Phi) is 57.4. The van der Waals surface area contributed by atoms with Crippen LogP contribution < -0.4 is 5.32 Å². The molecule has 12 N–H and O–H groups in total. The van der Waals surface area contributed by atoms with Crippen molar-refractivity contribution in [3.63, 3.8) is 0 Å². The summed E-state index contributed by atoms with van der Waals surface area (Å²) in [6.45, 7) is 1.57. The molecule has 19 nitrogen and oxygen atoms in total. The largest absolute Gasteiger partial charge is 0.394 e. The van der Waals surface area contributed by atoms with E-state index in [0.717, 1.165) is 103 Å². The van der Waals surface area contributed by atoms with Crippen LogP contribution in [0.1, 0.15) is 251 Å². The molecule has 0 spiro atoms. The summed E-state index contributed by atoms with van der Waals surface area (Å²) in [6, 6.07) is -1.03. The molecule has 17 atom stereocenters. The highest BCUT2D eigenvalue weighted by molar-refractivity contribution is 5.76. The summed E-state index contributed by atoms with van der Waals surface area (Å²) >= 11 is 0. The summed E-state index contributed by atoms with van der Waals surface area (Å²) in [5.74, 6) is -0.326. The van der Waals surface area contributed by atoms with Crippen LogP contribution in [0.15, 0.2) is 146 Å². The lowest BCUT2D eigenvalue weighted by Gasteiger charge is -2.48. The van der Waals surface area contributed by atoms with E-state index in [9.17, 15) is 61.0 Å². The fourth-order valence-electron chi connectivity index (χ4n) is 12.5. The molecular weight excluding hydrogens is 1320 g/mol. The Morgan fingerprint density at radius 1 is 0.356 bits per heavy atom. The third kappa shape index (κ3) is 43.0. The van der Waals surface area contributed by atoms with E-state index in [4.69, 9.17) is 28.4 Å². The van der Waals surface area contributed by atoms with Gasteiger partial charge in [-0.2, -0.15) is 0 Å². The molecule has 3 saturated heterocycles. The summed E-state index contributed by atoms with van der Waals surface area (Å²) in [4.78, 5) is 13.5. The van der Waals surface area contributed by atoms with Gasteiger partial charge >= 0.3 is 0 Å². The number of carbonyl (C=O) groups excluding carboxylic acids is 1. The smallest absolute Gasteiger partial charge is 0.220 e. The number of aliphatic hydroxyl groups excluding tert-OH is 11. The number of aliphatic hydroxyl groups is 11. The van der Waals surface area contributed by atoms with Crippen LogP contribution in [0, 0.1) is 0 Å². The van der Waals surface area contributed by atoms with Gasteiger partial charge in [-0.1, -0.05) is 275 Å². The fraction of sp³-hybridized carbons (Fsp3) is 0.706. The van der Waals surface area contributed by atoms with Crippen LogP contribution >= 0.6 is 0 Å². The number of carbonyl (C=O) groups is 1. The molecule has 0 saturated carbocycles. The van der Waals surface area contributed by atoms with Gasteiger partial charge < -0.3 is 89.9 Å². The van der Waals surface area contributed by atoms with Gasteiger partial charge in [-0.05, 0) is 116 Å². The van der Waals surface area contributed by atoms with Crippen molar-refractivity contribution in [1.82, 2.24) is 5.32 Å². The SMILES string of the molecule is CC/C=C\C/C=C\C/C=C\C/C=C\C/C=C\C/C=C\C/C=C\C/C=C\C/C=C\CCCCCC(=O)NC(COC1OC(CO)C(OC2OC(CO)C(OC3OC(CO)C(O)C(O)C3O)C(O)C2O)C(O)C1O)C(O)/C=C/CC/C=C/CC/C=C/CCCCCCCCCCCCCCCCCCCC. The van der Waals surface area contributed by atoms with Gasteiger partial charge in [0.2, 0.25) is 5.91 Å². The lowest BCUT2D eigenvalue weighted by molar-refractivity contribution is -0.379. The van der Waals surface area contributed by atoms with Crippen LogP contribution in [-0.4, -0.2) is 193 Å². The van der Waals surface area contributed by atoms with Crippen molar-refractivity contribution in [2.45, 2.75) is 356 Å². The summed E-state index contributed by atoms with van der Waals surface area (Å²) in [5.41, 5.74) is 0. The van der Waals surface area contributed by atoms with E-state index in [1.165, 1.54) is 116 Å². The number of hydrogen-bond donors (Lipinski definition) is 12. The van der Waals surface area contributed by atoms with Crippen molar-refractivity contribution in [1.29, 1.82) is 0 Å². The lowest BCUT2D eigenvalue weighted by Crippen LogP contribution is -2.66. The molecule has 1 amide bonds. The predicted octanol–water partition coefficient (Wildman–Crippen LogP) is 13.4. The minimum absolute atomic E-state index is 0.182. The Morgan fingerprint density at radius 3 is 1.08 bits per heavy atom. The number of nitrogens with one attached hydrogen (secondary N) is 1. The van der Waals surface area contributed by atoms with Crippen molar-refractivity contribution in [2.75, 3.05) is 26.4 Å². The Balaban J connectivity index is 1.43. The second-order valence-electron chi connectivity index (χ2n) is 27.8. The molecule has 17 unspecified atom stereocenters. The Morgan fingerprint density at radius 2 is 0.673 bits per heavy atom. The average Bonchev–Trinajstić information content (AvgIpc) is 0.783. The molecule has 0 aromatic heterocycles. The van der Waals surface area contributed by atoms with Crippen molar-refractivity contribution in [3.8, 4) is 0 Å². The van der Waals surface area contributed by atoms with Crippen LogP contribution in [0.2, 0.25) is 0 Å². The van der Waals surface area contributed by atoms with E-state index in [0.29, 0.717) is 12.8 Å². The minimum atomic E-state index is -2.00. The molecule has 0 aromatic carbocycles. The van der Waals surface area contributed by atoms with Gasteiger partial charge in [-0.15, -0.1) is 0 Å². The quantitative estimate of drug-likeness (QED) is 0.0199. The first-order chi connectivity index (χ1) is 50.8. The summed E-state index contributed by atoms with van der Waals surface area (Å²) < 4.78 is 34.4. The fourth-order valence-corrected chi connectivity index (χ4v) is 12.5. The molecule has 3 aliphatic heterocycles. The second kappa shape index (κ2) is 63.6.